The van der Waals surface area contributed by atoms with Crippen molar-refractivity contribution in [2.45, 2.75) is 32.9 Å². The third-order valence-corrected chi connectivity index (χ3v) is 7.11. The molecular formula is C29H28N6O3S. The van der Waals surface area contributed by atoms with Crippen LogP contribution < -0.4 is 15.5 Å². The van der Waals surface area contributed by atoms with Crippen molar-refractivity contribution in [1.82, 2.24) is 14.9 Å². The first-order valence-corrected chi connectivity index (χ1v) is 13.0. The lowest BCUT2D eigenvalue weighted by Gasteiger charge is -2.29. The number of aromatic nitrogens is 2. The van der Waals surface area contributed by atoms with E-state index in [1.807, 2.05) is 80.1 Å². The predicted molar refractivity (Wildman–Crippen MR) is 155 cm³/mol. The van der Waals surface area contributed by atoms with Crippen molar-refractivity contribution in [2.75, 3.05) is 10.2 Å². The number of nitro groups is 1. The number of hydrogen-bond acceptors (Lipinski definition) is 5. The molecule has 1 aliphatic rings. The van der Waals surface area contributed by atoms with Crippen LogP contribution in [0.2, 0.25) is 0 Å². The van der Waals surface area contributed by atoms with Gasteiger partial charge in [-0.15, -0.1) is 0 Å². The molecule has 9 nitrogen and oxygen atoms in total. The summed E-state index contributed by atoms with van der Waals surface area (Å²) in [5.74, 6) is -0.173. The zero-order valence-corrected chi connectivity index (χ0v) is 22.6. The van der Waals surface area contributed by atoms with Crippen LogP contribution in [0.4, 0.5) is 17.1 Å². The number of benzene rings is 2. The van der Waals surface area contributed by atoms with Gasteiger partial charge in [0.05, 0.1) is 16.7 Å². The van der Waals surface area contributed by atoms with Gasteiger partial charge in [0.25, 0.3) is 5.69 Å². The van der Waals surface area contributed by atoms with Crippen LogP contribution in [0.3, 0.4) is 0 Å². The van der Waals surface area contributed by atoms with E-state index in [9.17, 15) is 14.9 Å². The lowest BCUT2D eigenvalue weighted by atomic mass is 10.00. The minimum atomic E-state index is -0.409. The third kappa shape index (κ3) is 5.10. The number of aryl methyl sites for hydroxylation is 1. The zero-order chi connectivity index (χ0) is 27.7. The minimum Gasteiger partial charge on any atom is -0.351 e. The molecule has 2 aromatic heterocycles. The van der Waals surface area contributed by atoms with Crippen LogP contribution in [-0.2, 0) is 4.79 Å². The summed E-state index contributed by atoms with van der Waals surface area (Å²) in [6.45, 7) is 5.67. The molecule has 5 rings (SSSR count). The Morgan fingerprint density at radius 2 is 1.82 bits per heavy atom. The fraction of sp³-hybridized carbons (Fsp3) is 0.207. The van der Waals surface area contributed by atoms with Gasteiger partial charge in [-0.05, 0) is 79.3 Å². The monoisotopic (exact) mass is 540 g/mol. The number of pyridine rings is 1. The first-order valence-electron chi connectivity index (χ1n) is 12.6. The molecule has 2 unspecified atom stereocenters. The van der Waals surface area contributed by atoms with E-state index >= 15 is 0 Å². The van der Waals surface area contributed by atoms with Crippen LogP contribution in [0.25, 0.3) is 5.69 Å². The number of carbonyl (C=O) groups is 1. The largest absolute Gasteiger partial charge is 0.351 e. The second-order valence-electron chi connectivity index (χ2n) is 9.72. The molecule has 1 amide bonds. The van der Waals surface area contributed by atoms with Crippen LogP contribution in [0, 0.1) is 23.0 Å². The number of carbonyl (C=O) groups excluding carboxylic acids is 1. The van der Waals surface area contributed by atoms with E-state index < -0.39 is 4.92 Å². The number of rotatable bonds is 7. The van der Waals surface area contributed by atoms with Gasteiger partial charge in [0.2, 0.25) is 5.91 Å². The van der Waals surface area contributed by atoms with Crippen molar-refractivity contribution in [3.05, 3.63) is 112 Å². The molecule has 2 aromatic carbocycles. The molecular weight excluding hydrogens is 512 g/mol. The van der Waals surface area contributed by atoms with Crippen molar-refractivity contribution >= 4 is 40.3 Å². The van der Waals surface area contributed by atoms with E-state index in [1.54, 1.807) is 18.3 Å². The molecule has 198 valence electrons. The highest BCUT2D eigenvalue weighted by Crippen LogP contribution is 2.43. The maximum absolute atomic E-state index is 12.3. The number of hydrogen-bond donors (Lipinski definition) is 2. The van der Waals surface area contributed by atoms with Gasteiger partial charge in [0, 0.05) is 53.2 Å². The average molecular weight is 541 g/mol. The van der Waals surface area contributed by atoms with Gasteiger partial charge in [-0.2, -0.15) is 0 Å². The smallest absolute Gasteiger partial charge is 0.269 e. The fourth-order valence-corrected chi connectivity index (χ4v) is 5.10. The van der Waals surface area contributed by atoms with Crippen LogP contribution in [0.1, 0.15) is 42.9 Å². The molecule has 1 saturated heterocycles. The van der Waals surface area contributed by atoms with Gasteiger partial charge in [-0.3, -0.25) is 19.9 Å². The van der Waals surface area contributed by atoms with Crippen LogP contribution in [0.5, 0.6) is 0 Å². The second-order valence-corrected chi connectivity index (χ2v) is 10.1. The van der Waals surface area contributed by atoms with E-state index in [-0.39, 0.29) is 29.6 Å². The number of nitrogens with one attached hydrogen (secondary N) is 2. The molecule has 10 heteroatoms. The Labute approximate surface area is 231 Å². The predicted octanol–water partition coefficient (Wildman–Crippen LogP) is 5.86. The van der Waals surface area contributed by atoms with Crippen LogP contribution in [0.15, 0.2) is 85.2 Å². The number of anilines is 2. The fourth-order valence-electron chi connectivity index (χ4n) is 4.75. The van der Waals surface area contributed by atoms with Gasteiger partial charge in [0.1, 0.15) is 6.04 Å². The molecule has 1 fully saturated rings. The van der Waals surface area contributed by atoms with Crippen molar-refractivity contribution < 1.29 is 9.72 Å². The lowest BCUT2D eigenvalue weighted by Crippen LogP contribution is -2.30. The summed E-state index contributed by atoms with van der Waals surface area (Å²) in [4.78, 5) is 29.8. The number of nitrogens with zero attached hydrogens (tertiary/aromatic N) is 4. The highest BCUT2D eigenvalue weighted by molar-refractivity contribution is 7.80. The average Bonchev–Trinajstić information content (AvgIpc) is 3.54. The molecule has 0 radical (unpaired) electrons. The van der Waals surface area contributed by atoms with Gasteiger partial charge in [-0.25, -0.2) is 0 Å². The number of amides is 1. The lowest BCUT2D eigenvalue weighted by molar-refractivity contribution is -0.384. The summed E-state index contributed by atoms with van der Waals surface area (Å²) < 4.78 is 2.01. The van der Waals surface area contributed by atoms with Crippen molar-refractivity contribution in [3.8, 4) is 5.69 Å². The summed E-state index contributed by atoms with van der Waals surface area (Å²) in [7, 11) is 0. The highest BCUT2D eigenvalue weighted by Gasteiger charge is 2.42. The van der Waals surface area contributed by atoms with Gasteiger partial charge >= 0.3 is 0 Å². The normalized spacial score (nSPS) is 16.8. The van der Waals surface area contributed by atoms with E-state index in [4.69, 9.17) is 12.2 Å². The molecule has 1 aliphatic heterocycles. The first kappa shape index (κ1) is 26.1. The maximum atomic E-state index is 12.3. The molecule has 39 heavy (non-hydrogen) atoms. The van der Waals surface area contributed by atoms with Gasteiger partial charge in [0.15, 0.2) is 5.11 Å². The Hall–Kier alpha value is -4.57. The van der Waals surface area contributed by atoms with Gasteiger partial charge in [-0.1, -0.05) is 19.9 Å². The van der Waals surface area contributed by atoms with E-state index in [1.165, 1.54) is 12.1 Å². The quantitative estimate of drug-likeness (QED) is 0.172. The number of thiocarbonyl (C=S) groups is 1. The van der Waals surface area contributed by atoms with Gasteiger partial charge < -0.3 is 20.1 Å². The summed E-state index contributed by atoms with van der Waals surface area (Å²) in [6.07, 6.45) is 3.69. The van der Waals surface area contributed by atoms with E-state index in [0.717, 1.165) is 34.0 Å². The third-order valence-electron chi connectivity index (χ3n) is 6.79. The molecule has 0 spiro atoms. The standard InChI is InChI=1S/C29H28N6O3S/c1-18(2)28(36)31-23-14-13-22(17-19(23)3)34-27(26(32-29(34)39)24-7-4-5-15-30-24)25-8-6-16-33(25)20-9-11-21(12-10-20)35(37)38/h4-18,26-27H,1-3H3,(H,31,36)(H,32,39). The van der Waals surface area contributed by atoms with Crippen molar-refractivity contribution in [2.24, 2.45) is 5.92 Å². The molecule has 0 aliphatic carbocycles. The maximum Gasteiger partial charge on any atom is 0.269 e. The zero-order valence-electron chi connectivity index (χ0n) is 21.7. The number of non-ortho nitro benzene ring substituents is 1. The van der Waals surface area contributed by atoms with Crippen LogP contribution in [-0.4, -0.2) is 25.5 Å². The van der Waals surface area contributed by atoms with Crippen molar-refractivity contribution in [3.63, 3.8) is 0 Å². The molecule has 2 atom stereocenters. The molecule has 0 saturated carbocycles. The Morgan fingerprint density at radius 3 is 2.46 bits per heavy atom. The Morgan fingerprint density at radius 1 is 1.08 bits per heavy atom. The minimum absolute atomic E-state index is 0.0317. The van der Waals surface area contributed by atoms with E-state index in [2.05, 4.69) is 20.5 Å². The molecule has 2 N–H and O–H groups in total. The topological polar surface area (TPSA) is 105 Å². The SMILES string of the molecule is Cc1cc(N2C(=S)NC(c3ccccn3)C2c2cccn2-c2ccc([N+](=O)[O-])cc2)ccc1NC(=O)C(C)C. The number of nitro benzene ring substituents is 1. The summed E-state index contributed by atoms with van der Waals surface area (Å²) in [6, 6.07) is 21.5. The molecule has 4 aromatic rings. The summed E-state index contributed by atoms with van der Waals surface area (Å²) in [5.41, 5.74) is 5.12. The van der Waals surface area contributed by atoms with E-state index in [0.29, 0.717) is 5.11 Å². The Balaban J connectivity index is 1.59. The molecule has 3 heterocycles. The highest BCUT2D eigenvalue weighted by atomic mass is 32.1. The van der Waals surface area contributed by atoms with Crippen LogP contribution >= 0.6 is 12.2 Å². The van der Waals surface area contributed by atoms with Crippen molar-refractivity contribution in [1.29, 1.82) is 0 Å². The Bertz CT molecular complexity index is 1530. The first-order chi connectivity index (χ1) is 18.7. The second kappa shape index (κ2) is 10.7. The Kier molecular flexibility index (Phi) is 7.12. The summed E-state index contributed by atoms with van der Waals surface area (Å²) in [5, 5.41) is 18.2. The molecule has 0 bridgehead atoms. The summed E-state index contributed by atoms with van der Waals surface area (Å²) >= 11 is 5.87.